The summed E-state index contributed by atoms with van der Waals surface area (Å²) in [6, 6.07) is 8.17. The van der Waals surface area contributed by atoms with Crippen molar-refractivity contribution in [1.82, 2.24) is 0 Å². The molecule has 0 aromatic heterocycles. The summed E-state index contributed by atoms with van der Waals surface area (Å²) in [5, 5.41) is 0. The molecular formula is C14H16. The quantitative estimate of drug-likeness (QED) is 0.625. The molecule has 0 heterocycles. The zero-order valence-electron chi connectivity index (χ0n) is 8.88. The van der Waals surface area contributed by atoms with Crippen molar-refractivity contribution in [2.75, 3.05) is 0 Å². The summed E-state index contributed by atoms with van der Waals surface area (Å²) in [5.74, 6) is 2.66. The molecule has 0 spiro atoms. The second-order valence-electron chi connectivity index (χ2n) is 3.29. The van der Waals surface area contributed by atoms with E-state index < -0.39 is 0 Å². The van der Waals surface area contributed by atoms with Crippen molar-refractivity contribution in [2.24, 2.45) is 0 Å². The Morgan fingerprint density at radius 2 is 2.29 bits per heavy atom. The Hall–Kier alpha value is -1.48. The highest BCUT2D eigenvalue weighted by atomic mass is 14.0. The van der Waals surface area contributed by atoms with Gasteiger partial charge in [-0.05, 0) is 36.6 Å². The van der Waals surface area contributed by atoms with Gasteiger partial charge in [0.25, 0.3) is 0 Å². The predicted molar refractivity (Wildman–Crippen MR) is 62.9 cm³/mol. The standard InChI is InChI=1S/C14H16/c1-4-8-13(6-3)14-10-7-9-12(5-2)11-14/h2,6-7,9-11H,4,8H2,1,3H3/b13-6+. The lowest BCUT2D eigenvalue weighted by atomic mass is 9.99. The SMILES string of the molecule is C#Cc1cccc(/C(=C/C)CCC)c1. The van der Waals surface area contributed by atoms with Crippen LogP contribution in [-0.4, -0.2) is 0 Å². The molecule has 0 aliphatic carbocycles. The van der Waals surface area contributed by atoms with Crippen molar-refractivity contribution >= 4 is 5.57 Å². The van der Waals surface area contributed by atoms with Gasteiger partial charge < -0.3 is 0 Å². The maximum atomic E-state index is 5.36. The largest absolute Gasteiger partial charge is 0.115 e. The molecule has 72 valence electrons. The summed E-state index contributed by atoms with van der Waals surface area (Å²) in [5.41, 5.74) is 3.59. The van der Waals surface area contributed by atoms with E-state index in [2.05, 4.69) is 38.0 Å². The van der Waals surface area contributed by atoms with Gasteiger partial charge in [-0.3, -0.25) is 0 Å². The summed E-state index contributed by atoms with van der Waals surface area (Å²) >= 11 is 0. The van der Waals surface area contributed by atoms with Gasteiger partial charge in [-0.2, -0.15) is 0 Å². The van der Waals surface area contributed by atoms with Crippen LogP contribution in [0.15, 0.2) is 30.3 Å². The van der Waals surface area contributed by atoms with Gasteiger partial charge in [0, 0.05) is 5.56 Å². The second-order valence-corrected chi connectivity index (χ2v) is 3.29. The average Bonchev–Trinajstić information content (AvgIpc) is 2.26. The van der Waals surface area contributed by atoms with E-state index in [1.807, 2.05) is 12.1 Å². The molecule has 0 aliphatic heterocycles. The van der Waals surface area contributed by atoms with E-state index in [0.29, 0.717) is 0 Å². The number of terminal acetylenes is 1. The Bertz CT molecular complexity index is 364. The maximum absolute atomic E-state index is 5.36. The van der Waals surface area contributed by atoms with Crippen LogP contribution in [0.2, 0.25) is 0 Å². The summed E-state index contributed by atoms with van der Waals surface area (Å²) in [7, 11) is 0. The Morgan fingerprint density at radius 1 is 1.50 bits per heavy atom. The summed E-state index contributed by atoms with van der Waals surface area (Å²) in [6.07, 6.45) is 9.81. The summed E-state index contributed by atoms with van der Waals surface area (Å²) in [4.78, 5) is 0. The Labute approximate surface area is 86.7 Å². The Balaban J connectivity index is 3.00. The molecule has 1 rings (SSSR count). The van der Waals surface area contributed by atoms with E-state index in [0.717, 1.165) is 12.0 Å². The smallest absolute Gasteiger partial charge is 0.0248 e. The lowest BCUT2D eigenvalue weighted by Gasteiger charge is -2.05. The van der Waals surface area contributed by atoms with Crippen LogP contribution < -0.4 is 0 Å². The fourth-order valence-corrected chi connectivity index (χ4v) is 1.53. The van der Waals surface area contributed by atoms with Crippen LogP contribution in [0.3, 0.4) is 0 Å². The van der Waals surface area contributed by atoms with Gasteiger partial charge in [-0.15, -0.1) is 6.42 Å². The molecule has 0 unspecified atom stereocenters. The van der Waals surface area contributed by atoms with E-state index in [1.165, 1.54) is 17.6 Å². The molecule has 14 heavy (non-hydrogen) atoms. The fraction of sp³-hybridized carbons (Fsp3) is 0.286. The molecular weight excluding hydrogens is 168 g/mol. The first-order chi connectivity index (χ1) is 6.81. The third-order valence-electron chi connectivity index (χ3n) is 2.27. The minimum atomic E-state index is 0.956. The van der Waals surface area contributed by atoms with Crippen molar-refractivity contribution in [3.63, 3.8) is 0 Å². The van der Waals surface area contributed by atoms with E-state index in [1.54, 1.807) is 0 Å². The van der Waals surface area contributed by atoms with E-state index in [4.69, 9.17) is 6.42 Å². The van der Waals surface area contributed by atoms with Crippen LogP contribution >= 0.6 is 0 Å². The van der Waals surface area contributed by atoms with Gasteiger partial charge in [0.1, 0.15) is 0 Å². The first-order valence-corrected chi connectivity index (χ1v) is 5.04. The van der Waals surface area contributed by atoms with Crippen LogP contribution in [0, 0.1) is 12.3 Å². The highest BCUT2D eigenvalue weighted by Crippen LogP contribution is 2.20. The van der Waals surface area contributed by atoms with E-state index in [-0.39, 0.29) is 0 Å². The van der Waals surface area contributed by atoms with Crippen LogP contribution in [-0.2, 0) is 0 Å². The van der Waals surface area contributed by atoms with Crippen LogP contribution in [0.5, 0.6) is 0 Å². The lowest BCUT2D eigenvalue weighted by molar-refractivity contribution is 0.972. The van der Waals surface area contributed by atoms with Crippen molar-refractivity contribution in [1.29, 1.82) is 0 Å². The molecule has 0 heteroatoms. The van der Waals surface area contributed by atoms with Gasteiger partial charge in [0.05, 0.1) is 0 Å². The predicted octanol–water partition coefficient (Wildman–Crippen LogP) is 3.87. The second kappa shape index (κ2) is 5.29. The van der Waals surface area contributed by atoms with Crippen molar-refractivity contribution in [3.05, 3.63) is 41.5 Å². The van der Waals surface area contributed by atoms with Crippen molar-refractivity contribution in [2.45, 2.75) is 26.7 Å². The highest BCUT2D eigenvalue weighted by Gasteiger charge is 1.99. The monoisotopic (exact) mass is 184 g/mol. The molecule has 1 aromatic carbocycles. The molecule has 0 radical (unpaired) electrons. The molecule has 0 saturated carbocycles. The molecule has 0 fully saturated rings. The van der Waals surface area contributed by atoms with Gasteiger partial charge >= 0.3 is 0 Å². The first kappa shape index (κ1) is 10.6. The number of hydrogen-bond acceptors (Lipinski definition) is 0. The minimum absolute atomic E-state index is 0.956. The van der Waals surface area contributed by atoms with E-state index >= 15 is 0 Å². The zero-order valence-corrected chi connectivity index (χ0v) is 8.88. The minimum Gasteiger partial charge on any atom is -0.115 e. The third-order valence-corrected chi connectivity index (χ3v) is 2.27. The normalized spacial score (nSPS) is 11.1. The molecule has 0 bridgehead atoms. The highest BCUT2D eigenvalue weighted by molar-refractivity contribution is 5.66. The van der Waals surface area contributed by atoms with Gasteiger partial charge in [-0.1, -0.05) is 37.5 Å². The number of allylic oxidation sites excluding steroid dienone is 2. The summed E-state index contributed by atoms with van der Waals surface area (Å²) < 4.78 is 0. The van der Waals surface area contributed by atoms with Crippen molar-refractivity contribution in [3.8, 4) is 12.3 Å². The van der Waals surface area contributed by atoms with Crippen LogP contribution in [0.1, 0.15) is 37.8 Å². The fourth-order valence-electron chi connectivity index (χ4n) is 1.53. The number of benzene rings is 1. The number of hydrogen-bond donors (Lipinski definition) is 0. The van der Waals surface area contributed by atoms with Crippen molar-refractivity contribution < 1.29 is 0 Å². The molecule has 0 N–H and O–H groups in total. The molecule has 0 amide bonds. The Morgan fingerprint density at radius 3 is 2.86 bits per heavy atom. The molecule has 0 atom stereocenters. The van der Waals surface area contributed by atoms with Crippen LogP contribution in [0.4, 0.5) is 0 Å². The zero-order chi connectivity index (χ0) is 10.4. The van der Waals surface area contributed by atoms with E-state index in [9.17, 15) is 0 Å². The summed E-state index contributed by atoms with van der Waals surface area (Å²) in [6.45, 7) is 4.27. The first-order valence-electron chi connectivity index (χ1n) is 5.04. The molecule has 1 aromatic rings. The average molecular weight is 184 g/mol. The maximum Gasteiger partial charge on any atom is 0.0248 e. The number of rotatable bonds is 3. The Kier molecular flexibility index (Phi) is 4.01. The molecule has 0 aliphatic rings. The van der Waals surface area contributed by atoms with Gasteiger partial charge in [0.15, 0.2) is 0 Å². The topological polar surface area (TPSA) is 0 Å². The van der Waals surface area contributed by atoms with Crippen LogP contribution in [0.25, 0.3) is 5.57 Å². The van der Waals surface area contributed by atoms with Gasteiger partial charge in [-0.25, -0.2) is 0 Å². The lowest BCUT2D eigenvalue weighted by Crippen LogP contribution is -1.85. The molecule has 0 nitrogen and oxygen atoms in total. The molecule has 0 saturated heterocycles. The third kappa shape index (κ3) is 2.50. The van der Waals surface area contributed by atoms with Gasteiger partial charge in [0.2, 0.25) is 0 Å².